The third-order valence-corrected chi connectivity index (χ3v) is 3.33. The normalized spacial score (nSPS) is 14.8. The second-order valence-corrected chi connectivity index (χ2v) is 5.09. The van der Waals surface area contributed by atoms with Gasteiger partial charge in [-0.3, -0.25) is 4.84 Å². The number of hydrogen-bond acceptors (Lipinski definition) is 4. The van der Waals surface area contributed by atoms with Crippen molar-refractivity contribution in [2.24, 2.45) is 0 Å². The quantitative estimate of drug-likeness (QED) is 0.734. The summed E-state index contributed by atoms with van der Waals surface area (Å²) in [6.45, 7) is 13.1. The van der Waals surface area contributed by atoms with Gasteiger partial charge in [0.15, 0.2) is 11.5 Å². The van der Waals surface area contributed by atoms with Crippen LogP contribution in [0.25, 0.3) is 0 Å². The number of para-hydroxylation sites is 2. The van der Waals surface area contributed by atoms with Gasteiger partial charge >= 0.3 is 0 Å². The van der Waals surface area contributed by atoms with Gasteiger partial charge in [0.2, 0.25) is 5.79 Å². The van der Waals surface area contributed by atoms with E-state index in [1.54, 1.807) is 0 Å². The molecule has 0 amide bonds. The molecule has 1 aliphatic rings. The zero-order valence-electron chi connectivity index (χ0n) is 14.0. The van der Waals surface area contributed by atoms with Crippen molar-refractivity contribution in [1.82, 2.24) is 5.06 Å². The molecule has 0 saturated carbocycles. The third kappa shape index (κ3) is 5.56. The van der Waals surface area contributed by atoms with Gasteiger partial charge in [-0.1, -0.05) is 39.8 Å². The summed E-state index contributed by atoms with van der Waals surface area (Å²) in [4.78, 5) is 5.32. The summed E-state index contributed by atoms with van der Waals surface area (Å²) in [5, 5.41) is 1.96. The van der Waals surface area contributed by atoms with E-state index in [2.05, 4.69) is 20.8 Å². The lowest BCUT2D eigenvalue weighted by molar-refractivity contribution is -0.152. The second kappa shape index (κ2) is 8.90. The highest BCUT2D eigenvalue weighted by Gasteiger charge is 2.34. The van der Waals surface area contributed by atoms with Gasteiger partial charge < -0.3 is 9.47 Å². The topological polar surface area (TPSA) is 30.9 Å². The van der Waals surface area contributed by atoms with Crippen LogP contribution in [-0.2, 0) is 4.84 Å². The molecule has 1 aliphatic heterocycles. The fourth-order valence-corrected chi connectivity index (χ4v) is 1.88. The smallest absolute Gasteiger partial charge is 0.248 e. The fraction of sp³-hybridized carbons (Fsp3) is 0.647. The minimum atomic E-state index is -0.455. The van der Waals surface area contributed by atoms with Crippen molar-refractivity contribution in [1.29, 1.82) is 0 Å². The highest BCUT2D eigenvalue weighted by Crippen LogP contribution is 2.39. The van der Waals surface area contributed by atoms with Crippen LogP contribution < -0.4 is 9.47 Å². The van der Waals surface area contributed by atoms with Crippen LogP contribution in [0.15, 0.2) is 24.3 Å². The average molecular weight is 295 g/mol. The average Bonchev–Trinajstić information content (AvgIpc) is 2.86. The van der Waals surface area contributed by atoms with Crippen molar-refractivity contribution in [3.05, 3.63) is 24.3 Å². The molecular weight excluding hydrogens is 266 g/mol. The molecule has 0 spiro atoms. The van der Waals surface area contributed by atoms with Crippen molar-refractivity contribution in [2.45, 2.75) is 53.2 Å². The molecule has 0 N–H and O–H groups in total. The first-order valence-corrected chi connectivity index (χ1v) is 7.93. The van der Waals surface area contributed by atoms with Gasteiger partial charge in [0.05, 0.1) is 6.61 Å². The van der Waals surface area contributed by atoms with Crippen LogP contribution in [0.3, 0.4) is 0 Å². The lowest BCUT2D eigenvalue weighted by atomic mass is 10.2. The van der Waals surface area contributed by atoms with Crippen LogP contribution in [-0.4, -0.2) is 30.5 Å². The molecule has 0 atom stereocenters. The molecule has 0 aliphatic carbocycles. The first kappa shape index (κ1) is 17.8. The van der Waals surface area contributed by atoms with Crippen molar-refractivity contribution >= 4 is 0 Å². The van der Waals surface area contributed by atoms with E-state index in [0.717, 1.165) is 44.0 Å². The molecule has 1 aromatic carbocycles. The monoisotopic (exact) mass is 295 g/mol. The number of hydroxylamine groups is 2. The van der Waals surface area contributed by atoms with Crippen LogP contribution in [0.1, 0.15) is 47.5 Å². The zero-order valence-corrected chi connectivity index (χ0v) is 14.0. The highest BCUT2D eigenvalue weighted by molar-refractivity contribution is 5.42. The number of fused-ring (bicyclic) bond motifs is 1. The first-order valence-electron chi connectivity index (χ1n) is 7.93. The minimum Gasteiger partial charge on any atom is -0.449 e. The predicted octanol–water partition coefficient (Wildman–Crippen LogP) is 4.25. The summed E-state index contributed by atoms with van der Waals surface area (Å²) in [7, 11) is 0. The Morgan fingerprint density at radius 1 is 1.00 bits per heavy atom. The molecule has 0 aromatic heterocycles. The van der Waals surface area contributed by atoms with Crippen LogP contribution in [0.2, 0.25) is 0 Å². The second-order valence-electron chi connectivity index (χ2n) is 5.09. The Hall–Kier alpha value is -1.26. The maximum atomic E-state index is 5.62. The fourth-order valence-electron chi connectivity index (χ4n) is 1.88. The first-order chi connectivity index (χ1) is 10.1. The number of ether oxygens (including phenoxy) is 2. The Kier molecular flexibility index (Phi) is 7.54. The Labute approximate surface area is 129 Å². The molecule has 0 radical (unpaired) electrons. The number of rotatable bonds is 6. The maximum Gasteiger partial charge on any atom is 0.248 e. The summed E-state index contributed by atoms with van der Waals surface area (Å²) in [5.41, 5.74) is 0. The Balaban J connectivity index is 0.000000222. The summed E-state index contributed by atoms with van der Waals surface area (Å²) >= 11 is 0. The molecule has 0 unspecified atom stereocenters. The standard InChI is InChI=1S/C10H12O2.C7H17NO/c1-3-10(2)11-8-6-4-5-7-9(8)12-10;1-4-7-9-8(5-2)6-3/h4-7H,3H2,1-2H3;4-7H2,1-3H3. The van der Waals surface area contributed by atoms with E-state index in [9.17, 15) is 0 Å². The molecule has 1 aromatic rings. The number of benzene rings is 1. The van der Waals surface area contributed by atoms with Crippen LogP contribution >= 0.6 is 0 Å². The predicted molar refractivity (Wildman–Crippen MR) is 85.6 cm³/mol. The Morgan fingerprint density at radius 2 is 1.52 bits per heavy atom. The Morgan fingerprint density at radius 3 is 1.90 bits per heavy atom. The van der Waals surface area contributed by atoms with Crippen LogP contribution in [0.5, 0.6) is 11.5 Å². The van der Waals surface area contributed by atoms with Crippen molar-refractivity contribution < 1.29 is 14.3 Å². The molecule has 0 saturated heterocycles. The number of nitrogens with zero attached hydrogens (tertiary/aromatic N) is 1. The van der Waals surface area contributed by atoms with Crippen LogP contribution in [0, 0.1) is 0 Å². The molecule has 4 nitrogen and oxygen atoms in total. The molecule has 4 heteroatoms. The van der Waals surface area contributed by atoms with E-state index in [-0.39, 0.29) is 0 Å². The van der Waals surface area contributed by atoms with Gasteiger partial charge in [0.1, 0.15) is 0 Å². The van der Waals surface area contributed by atoms with Crippen molar-refractivity contribution in [2.75, 3.05) is 19.7 Å². The largest absolute Gasteiger partial charge is 0.449 e. The van der Waals surface area contributed by atoms with E-state index < -0.39 is 5.79 Å². The van der Waals surface area contributed by atoms with Gasteiger partial charge in [-0.05, 0) is 18.6 Å². The van der Waals surface area contributed by atoms with E-state index in [1.807, 2.05) is 43.2 Å². The van der Waals surface area contributed by atoms with Crippen molar-refractivity contribution in [3.63, 3.8) is 0 Å². The molecular formula is C17H29NO3. The summed E-state index contributed by atoms with van der Waals surface area (Å²) in [6, 6.07) is 7.75. The van der Waals surface area contributed by atoms with E-state index in [1.165, 1.54) is 0 Å². The molecule has 21 heavy (non-hydrogen) atoms. The van der Waals surface area contributed by atoms with Crippen molar-refractivity contribution in [3.8, 4) is 11.5 Å². The van der Waals surface area contributed by atoms with Gasteiger partial charge in [-0.2, -0.15) is 5.06 Å². The molecule has 1 heterocycles. The van der Waals surface area contributed by atoms with Gasteiger partial charge in [0.25, 0.3) is 0 Å². The lowest BCUT2D eigenvalue weighted by Crippen LogP contribution is -2.33. The van der Waals surface area contributed by atoms with Gasteiger partial charge in [-0.15, -0.1) is 0 Å². The SMILES string of the molecule is CCC1(C)Oc2ccccc2O1.CCCON(CC)CC. The molecule has 120 valence electrons. The third-order valence-electron chi connectivity index (χ3n) is 3.33. The summed E-state index contributed by atoms with van der Waals surface area (Å²) < 4.78 is 11.2. The molecule has 2 rings (SSSR count). The van der Waals surface area contributed by atoms with Gasteiger partial charge in [0, 0.05) is 26.4 Å². The van der Waals surface area contributed by atoms with E-state index in [0.29, 0.717) is 0 Å². The van der Waals surface area contributed by atoms with Gasteiger partial charge in [-0.25, -0.2) is 0 Å². The Bertz CT molecular complexity index is 380. The molecule has 0 bridgehead atoms. The zero-order chi connectivity index (χ0) is 15.7. The maximum absolute atomic E-state index is 5.62. The van der Waals surface area contributed by atoms with Crippen LogP contribution in [0.4, 0.5) is 0 Å². The van der Waals surface area contributed by atoms with E-state index >= 15 is 0 Å². The number of hydrogen-bond donors (Lipinski definition) is 0. The summed E-state index contributed by atoms with van der Waals surface area (Å²) in [6.07, 6.45) is 1.94. The highest BCUT2D eigenvalue weighted by atomic mass is 16.7. The summed E-state index contributed by atoms with van der Waals surface area (Å²) in [5.74, 6) is 1.24. The van der Waals surface area contributed by atoms with E-state index in [4.69, 9.17) is 14.3 Å². The lowest BCUT2D eigenvalue weighted by Gasteiger charge is -2.20. The minimum absolute atomic E-state index is 0.455. The molecule has 0 fully saturated rings.